The highest BCUT2D eigenvalue weighted by Gasteiger charge is 2.10. The van der Waals surface area contributed by atoms with Gasteiger partial charge in [-0.25, -0.2) is 0 Å². The molecule has 0 saturated heterocycles. The lowest BCUT2D eigenvalue weighted by Crippen LogP contribution is -2.20. The highest BCUT2D eigenvalue weighted by molar-refractivity contribution is 8.00. The summed E-state index contributed by atoms with van der Waals surface area (Å²) < 4.78 is 11.3. The van der Waals surface area contributed by atoms with E-state index in [1.807, 2.05) is 0 Å². The summed E-state index contributed by atoms with van der Waals surface area (Å²) in [5.74, 6) is 1.86. The fourth-order valence-corrected chi connectivity index (χ4v) is 3.85. The number of hydrogen-bond acceptors (Lipinski definition) is 7. The van der Waals surface area contributed by atoms with Crippen molar-refractivity contribution < 1.29 is 14.3 Å². The molecule has 1 aromatic heterocycles. The Morgan fingerprint density at radius 1 is 1.07 bits per heavy atom. The summed E-state index contributed by atoms with van der Waals surface area (Å²) in [4.78, 5) is 12.0. The van der Waals surface area contributed by atoms with Crippen molar-refractivity contribution >= 4 is 34.1 Å². The van der Waals surface area contributed by atoms with Crippen molar-refractivity contribution in [2.75, 3.05) is 19.0 Å². The van der Waals surface area contributed by atoms with Crippen LogP contribution in [0.5, 0.6) is 11.5 Å². The van der Waals surface area contributed by atoms with E-state index in [4.69, 9.17) is 9.47 Å². The van der Waals surface area contributed by atoms with Crippen molar-refractivity contribution in [3.05, 3.63) is 59.7 Å². The summed E-state index contributed by atoms with van der Waals surface area (Å²) in [5.41, 5.74) is 2.46. The number of thioether (sulfide) groups is 1. The maximum atomic E-state index is 12.0. The van der Waals surface area contributed by atoms with E-state index >= 15 is 0 Å². The molecular formula is C19H19N3O3S2. The van der Waals surface area contributed by atoms with Crippen LogP contribution >= 0.6 is 23.1 Å². The van der Waals surface area contributed by atoms with Crippen LogP contribution in [0.25, 0.3) is 0 Å². The van der Waals surface area contributed by atoms with Crippen LogP contribution in [0, 0.1) is 6.92 Å². The third kappa shape index (κ3) is 5.97. The number of methoxy groups -OCH3 is 1. The number of aromatic nitrogens is 2. The van der Waals surface area contributed by atoms with Gasteiger partial charge in [-0.3, -0.25) is 10.1 Å². The monoisotopic (exact) mass is 401 g/mol. The fraction of sp³-hybridized carbons (Fsp3) is 0.211. The Balaban J connectivity index is 1.44. The van der Waals surface area contributed by atoms with Crippen molar-refractivity contribution in [2.24, 2.45) is 0 Å². The summed E-state index contributed by atoms with van der Waals surface area (Å²) in [5, 5.41) is 11.3. The third-order valence-electron chi connectivity index (χ3n) is 3.57. The zero-order valence-electron chi connectivity index (χ0n) is 15.0. The molecule has 27 heavy (non-hydrogen) atoms. The Hall–Kier alpha value is -2.58. The molecule has 1 amide bonds. The molecule has 0 unspecified atom stereocenters. The molecule has 0 spiro atoms. The molecule has 6 nitrogen and oxygen atoms in total. The van der Waals surface area contributed by atoms with Crippen molar-refractivity contribution in [3.8, 4) is 11.5 Å². The number of nitrogens with one attached hydrogen (secondary N) is 1. The van der Waals surface area contributed by atoms with Crippen molar-refractivity contribution in [1.82, 2.24) is 10.2 Å². The zero-order valence-corrected chi connectivity index (χ0v) is 16.6. The van der Waals surface area contributed by atoms with Gasteiger partial charge in [-0.05, 0) is 36.8 Å². The molecule has 0 radical (unpaired) electrons. The maximum Gasteiger partial charge on any atom is 0.264 e. The molecule has 0 aliphatic rings. The minimum absolute atomic E-state index is 0.0995. The van der Waals surface area contributed by atoms with Gasteiger partial charge in [0.25, 0.3) is 5.91 Å². The number of carbonyl (C=O) groups excluding carboxylic acids is 1. The Morgan fingerprint density at radius 2 is 1.78 bits per heavy atom. The van der Waals surface area contributed by atoms with Crippen molar-refractivity contribution in [3.63, 3.8) is 0 Å². The molecule has 8 heteroatoms. The summed E-state index contributed by atoms with van der Waals surface area (Å²) >= 11 is 2.94. The van der Waals surface area contributed by atoms with E-state index in [0.29, 0.717) is 10.9 Å². The van der Waals surface area contributed by atoms with E-state index < -0.39 is 0 Å². The number of amides is 1. The Kier molecular flexibility index (Phi) is 6.67. The summed E-state index contributed by atoms with van der Waals surface area (Å²) in [6.07, 6.45) is 0. The van der Waals surface area contributed by atoms with Crippen LogP contribution in [-0.4, -0.2) is 29.8 Å². The van der Waals surface area contributed by atoms with Gasteiger partial charge in [0.05, 0.1) is 7.11 Å². The van der Waals surface area contributed by atoms with E-state index in [2.05, 4.69) is 46.7 Å². The number of carbonyl (C=O) groups is 1. The first-order chi connectivity index (χ1) is 13.1. The molecule has 0 aliphatic carbocycles. The van der Waals surface area contributed by atoms with Gasteiger partial charge in [-0.1, -0.05) is 52.9 Å². The predicted octanol–water partition coefficient (Wildman–Crippen LogP) is 4.16. The quantitative estimate of drug-likeness (QED) is 0.451. The lowest BCUT2D eigenvalue weighted by molar-refractivity contribution is -0.118. The van der Waals surface area contributed by atoms with E-state index in [-0.39, 0.29) is 12.5 Å². The van der Waals surface area contributed by atoms with Crippen LogP contribution in [0.1, 0.15) is 11.1 Å². The average Bonchev–Trinajstić information content (AvgIpc) is 3.13. The lowest BCUT2D eigenvalue weighted by Gasteiger charge is -2.06. The largest absolute Gasteiger partial charge is 0.497 e. The Labute approximate surface area is 165 Å². The number of hydrogen-bond donors (Lipinski definition) is 1. The molecule has 3 rings (SSSR count). The second kappa shape index (κ2) is 9.38. The Bertz CT molecular complexity index is 880. The van der Waals surface area contributed by atoms with E-state index in [9.17, 15) is 4.79 Å². The molecular weight excluding hydrogens is 382 g/mol. The molecule has 0 saturated carbocycles. The molecule has 2 aromatic carbocycles. The fourth-order valence-electron chi connectivity index (χ4n) is 2.12. The highest BCUT2D eigenvalue weighted by atomic mass is 32.2. The van der Waals surface area contributed by atoms with Gasteiger partial charge in [0.1, 0.15) is 11.5 Å². The molecule has 140 valence electrons. The zero-order chi connectivity index (χ0) is 19.1. The maximum absolute atomic E-state index is 12.0. The summed E-state index contributed by atoms with van der Waals surface area (Å²) in [6.45, 7) is 1.97. The first-order valence-electron chi connectivity index (χ1n) is 8.21. The number of anilines is 1. The molecule has 0 aliphatic heterocycles. The first-order valence-corrected chi connectivity index (χ1v) is 10.0. The number of ether oxygens (including phenoxy) is 2. The van der Waals surface area contributed by atoms with Crippen LogP contribution in [0.3, 0.4) is 0 Å². The first kappa shape index (κ1) is 19.2. The van der Waals surface area contributed by atoms with Gasteiger partial charge in [0.2, 0.25) is 5.13 Å². The van der Waals surface area contributed by atoms with Crippen LogP contribution in [0.2, 0.25) is 0 Å². The Morgan fingerprint density at radius 3 is 2.48 bits per heavy atom. The normalized spacial score (nSPS) is 10.4. The molecule has 0 fully saturated rings. The lowest BCUT2D eigenvalue weighted by atomic mass is 10.2. The smallest absolute Gasteiger partial charge is 0.264 e. The van der Waals surface area contributed by atoms with Crippen LogP contribution < -0.4 is 14.8 Å². The van der Waals surface area contributed by atoms with Crippen LogP contribution in [0.15, 0.2) is 52.9 Å². The van der Waals surface area contributed by atoms with Gasteiger partial charge >= 0.3 is 0 Å². The minimum atomic E-state index is -0.281. The number of aryl methyl sites for hydroxylation is 1. The second-order valence-corrected chi connectivity index (χ2v) is 7.86. The number of rotatable bonds is 8. The third-order valence-corrected chi connectivity index (χ3v) is 5.61. The van der Waals surface area contributed by atoms with Gasteiger partial charge in [0, 0.05) is 5.75 Å². The van der Waals surface area contributed by atoms with Crippen molar-refractivity contribution in [1.29, 1.82) is 0 Å². The number of nitrogens with zero attached hydrogens (tertiary/aromatic N) is 2. The van der Waals surface area contributed by atoms with Crippen molar-refractivity contribution in [2.45, 2.75) is 17.0 Å². The van der Waals surface area contributed by atoms with Gasteiger partial charge < -0.3 is 9.47 Å². The van der Waals surface area contributed by atoms with E-state index in [0.717, 1.165) is 15.8 Å². The van der Waals surface area contributed by atoms with Crippen LogP contribution in [-0.2, 0) is 10.5 Å². The van der Waals surface area contributed by atoms with Gasteiger partial charge in [-0.2, -0.15) is 0 Å². The highest BCUT2D eigenvalue weighted by Crippen LogP contribution is 2.28. The van der Waals surface area contributed by atoms with E-state index in [1.165, 1.54) is 22.5 Å². The average molecular weight is 402 g/mol. The molecule has 0 atom stereocenters. The molecule has 0 bridgehead atoms. The number of benzene rings is 2. The van der Waals surface area contributed by atoms with Crippen LogP contribution in [0.4, 0.5) is 5.13 Å². The predicted molar refractivity (Wildman–Crippen MR) is 108 cm³/mol. The van der Waals surface area contributed by atoms with Gasteiger partial charge in [-0.15, -0.1) is 10.2 Å². The second-order valence-electron chi connectivity index (χ2n) is 5.66. The minimum Gasteiger partial charge on any atom is -0.497 e. The SMILES string of the molecule is COc1ccc(OCC(=O)Nc2nnc(SCc3ccc(C)cc3)s2)cc1. The standard InChI is InChI=1S/C19H19N3O3S2/c1-13-3-5-14(6-4-13)12-26-19-22-21-18(27-19)20-17(23)11-25-16-9-7-15(24-2)8-10-16/h3-10H,11-12H2,1-2H3,(H,20,21,23). The molecule has 1 heterocycles. The summed E-state index contributed by atoms with van der Waals surface area (Å²) in [7, 11) is 1.60. The van der Waals surface area contributed by atoms with E-state index in [1.54, 1.807) is 43.1 Å². The summed E-state index contributed by atoms with van der Waals surface area (Å²) in [6, 6.07) is 15.4. The topological polar surface area (TPSA) is 73.3 Å². The molecule has 1 N–H and O–H groups in total. The van der Waals surface area contributed by atoms with Gasteiger partial charge in [0.15, 0.2) is 10.9 Å². The molecule has 3 aromatic rings.